The Balaban J connectivity index is 2.19. The van der Waals surface area contributed by atoms with Crippen LogP contribution in [0.2, 0.25) is 0 Å². The lowest BCUT2D eigenvalue weighted by Crippen LogP contribution is -2.15. The number of methoxy groups -OCH3 is 1. The first-order valence-electron chi connectivity index (χ1n) is 5.41. The molecule has 0 fully saturated rings. The van der Waals surface area contributed by atoms with Crippen LogP contribution in [-0.4, -0.2) is 25.4 Å². The third-order valence-corrected chi connectivity index (χ3v) is 2.29. The molecule has 0 heterocycles. The normalized spacial score (nSPS) is 10.6. The molecule has 90 valence electrons. The van der Waals surface area contributed by atoms with Gasteiger partial charge in [0.05, 0.1) is 0 Å². The number of ether oxygens (including phenoxy) is 1. The van der Waals surface area contributed by atoms with Gasteiger partial charge in [0.15, 0.2) is 11.6 Å². The Morgan fingerprint density at radius 1 is 1.38 bits per heavy atom. The minimum atomic E-state index is -0.571. The summed E-state index contributed by atoms with van der Waals surface area (Å²) in [6.45, 7) is 2.27. The quantitative estimate of drug-likeness (QED) is 0.700. The number of hydrogen-bond acceptors (Lipinski definition) is 3. The molecular weight excluding hydrogens is 209 g/mol. The molecule has 0 atom stereocenters. The van der Waals surface area contributed by atoms with Gasteiger partial charge in [-0.1, -0.05) is 6.07 Å². The van der Waals surface area contributed by atoms with Crippen LogP contribution >= 0.6 is 0 Å². The van der Waals surface area contributed by atoms with E-state index >= 15 is 0 Å². The Hall–Kier alpha value is -1.13. The SMILES string of the molecule is COCCCCNCc1ccc(O)c(F)c1. The molecule has 16 heavy (non-hydrogen) atoms. The lowest BCUT2D eigenvalue weighted by Gasteiger charge is -2.05. The Morgan fingerprint density at radius 3 is 2.88 bits per heavy atom. The first-order valence-corrected chi connectivity index (χ1v) is 5.41. The zero-order valence-electron chi connectivity index (χ0n) is 9.50. The van der Waals surface area contributed by atoms with Crippen molar-refractivity contribution in [3.63, 3.8) is 0 Å². The Labute approximate surface area is 95.2 Å². The van der Waals surface area contributed by atoms with E-state index in [1.807, 2.05) is 0 Å². The molecule has 0 amide bonds. The molecule has 0 saturated carbocycles. The molecule has 0 aliphatic rings. The van der Waals surface area contributed by atoms with Crippen LogP contribution in [0.15, 0.2) is 18.2 Å². The van der Waals surface area contributed by atoms with Gasteiger partial charge in [0, 0.05) is 20.3 Å². The van der Waals surface area contributed by atoms with Crippen LogP contribution in [0.3, 0.4) is 0 Å². The van der Waals surface area contributed by atoms with Crippen molar-refractivity contribution >= 4 is 0 Å². The topological polar surface area (TPSA) is 41.5 Å². The molecule has 2 N–H and O–H groups in total. The number of aromatic hydroxyl groups is 1. The van der Waals surface area contributed by atoms with E-state index in [2.05, 4.69) is 5.32 Å². The summed E-state index contributed by atoms with van der Waals surface area (Å²) in [5.41, 5.74) is 0.835. The number of unbranched alkanes of at least 4 members (excludes halogenated alkanes) is 1. The van der Waals surface area contributed by atoms with Gasteiger partial charge >= 0.3 is 0 Å². The highest BCUT2D eigenvalue weighted by molar-refractivity contribution is 5.27. The zero-order valence-corrected chi connectivity index (χ0v) is 9.50. The van der Waals surface area contributed by atoms with Crippen LogP contribution in [0.4, 0.5) is 4.39 Å². The van der Waals surface area contributed by atoms with E-state index in [1.165, 1.54) is 12.1 Å². The maximum Gasteiger partial charge on any atom is 0.165 e. The summed E-state index contributed by atoms with van der Waals surface area (Å²) in [6, 6.07) is 4.43. The van der Waals surface area contributed by atoms with Crippen LogP contribution in [0.25, 0.3) is 0 Å². The predicted molar refractivity (Wildman–Crippen MR) is 60.9 cm³/mol. The monoisotopic (exact) mass is 227 g/mol. The van der Waals surface area contributed by atoms with Gasteiger partial charge in [-0.25, -0.2) is 4.39 Å². The van der Waals surface area contributed by atoms with Crippen LogP contribution < -0.4 is 5.32 Å². The van der Waals surface area contributed by atoms with Gasteiger partial charge < -0.3 is 15.2 Å². The molecule has 1 rings (SSSR count). The highest BCUT2D eigenvalue weighted by Gasteiger charge is 2.00. The number of nitrogens with one attached hydrogen (secondary N) is 1. The van der Waals surface area contributed by atoms with E-state index in [0.717, 1.165) is 31.6 Å². The molecule has 0 bridgehead atoms. The fraction of sp³-hybridized carbons (Fsp3) is 0.500. The first kappa shape index (κ1) is 12.9. The summed E-state index contributed by atoms with van der Waals surface area (Å²) in [4.78, 5) is 0. The van der Waals surface area contributed by atoms with Crippen LogP contribution in [0.5, 0.6) is 5.75 Å². The van der Waals surface area contributed by atoms with Crippen molar-refractivity contribution < 1.29 is 14.2 Å². The van der Waals surface area contributed by atoms with Gasteiger partial charge in [0.1, 0.15) is 0 Å². The molecule has 1 aromatic carbocycles. The molecule has 4 heteroatoms. The largest absolute Gasteiger partial charge is 0.505 e. The smallest absolute Gasteiger partial charge is 0.165 e. The second-order valence-electron chi connectivity index (χ2n) is 3.66. The van der Waals surface area contributed by atoms with Crippen molar-refractivity contribution in [3.05, 3.63) is 29.6 Å². The second kappa shape index (κ2) is 7.19. The summed E-state index contributed by atoms with van der Waals surface area (Å²) in [5, 5.41) is 12.2. The molecular formula is C12H18FNO2. The van der Waals surface area contributed by atoms with Crippen molar-refractivity contribution in [2.24, 2.45) is 0 Å². The molecule has 1 aromatic rings. The predicted octanol–water partition coefficient (Wildman–Crippen LogP) is 2.05. The average Bonchev–Trinajstić information content (AvgIpc) is 2.28. The number of phenols is 1. The van der Waals surface area contributed by atoms with E-state index < -0.39 is 5.82 Å². The molecule has 0 spiro atoms. The summed E-state index contributed by atoms with van der Waals surface area (Å²) < 4.78 is 17.9. The van der Waals surface area contributed by atoms with Crippen molar-refractivity contribution in [3.8, 4) is 5.75 Å². The minimum absolute atomic E-state index is 0.302. The molecule has 0 aliphatic carbocycles. The van der Waals surface area contributed by atoms with Crippen molar-refractivity contribution in [1.29, 1.82) is 0 Å². The lowest BCUT2D eigenvalue weighted by molar-refractivity contribution is 0.192. The second-order valence-corrected chi connectivity index (χ2v) is 3.66. The zero-order chi connectivity index (χ0) is 11.8. The van der Waals surface area contributed by atoms with Gasteiger partial charge in [-0.05, 0) is 37.1 Å². The highest BCUT2D eigenvalue weighted by atomic mass is 19.1. The maximum atomic E-state index is 13.0. The van der Waals surface area contributed by atoms with Crippen LogP contribution in [-0.2, 0) is 11.3 Å². The summed E-state index contributed by atoms with van der Waals surface area (Å²) in [6.07, 6.45) is 2.06. The molecule has 0 unspecified atom stereocenters. The number of phenolic OH excluding ortho intramolecular Hbond substituents is 1. The highest BCUT2D eigenvalue weighted by Crippen LogP contribution is 2.15. The van der Waals surface area contributed by atoms with E-state index in [1.54, 1.807) is 13.2 Å². The van der Waals surface area contributed by atoms with Crippen LogP contribution in [0, 0.1) is 5.82 Å². The molecule has 3 nitrogen and oxygen atoms in total. The van der Waals surface area contributed by atoms with Gasteiger partial charge in [0.2, 0.25) is 0 Å². The number of halogens is 1. The molecule has 0 aliphatic heterocycles. The molecule has 0 aromatic heterocycles. The maximum absolute atomic E-state index is 13.0. The fourth-order valence-electron chi connectivity index (χ4n) is 1.39. The summed E-state index contributed by atoms with van der Waals surface area (Å²) in [7, 11) is 1.69. The first-order chi connectivity index (χ1) is 7.74. The minimum Gasteiger partial charge on any atom is -0.505 e. The van der Waals surface area contributed by atoms with Gasteiger partial charge in [-0.2, -0.15) is 0 Å². The van der Waals surface area contributed by atoms with E-state index in [4.69, 9.17) is 9.84 Å². The Kier molecular flexibility index (Phi) is 5.82. The number of rotatable bonds is 7. The van der Waals surface area contributed by atoms with Crippen molar-refractivity contribution in [1.82, 2.24) is 5.32 Å². The van der Waals surface area contributed by atoms with Crippen LogP contribution in [0.1, 0.15) is 18.4 Å². The standard InChI is InChI=1S/C12H18FNO2/c1-16-7-3-2-6-14-9-10-4-5-12(15)11(13)8-10/h4-5,8,14-15H,2-3,6-7,9H2,1H3. The van der Waals surface area contributed by atoms with Gasteiger partial charge in [0.25, 0.3) is 0 Å². The molecule has 0 radical (unpaired) electrons. The lowest BCUT2D eigenvalue weighted by atomic mass is 10.2. The van der Waals surface area contributed by atoms with Gasteiger partial charge in [-0.15, -0.1) is 0 Å². The summed E-state index contributed by atoms with van der Waals surface area (Å²) in [5.74, 6) is -0.873. The summed E-state index contributed by atoms with van der Waals surface area (Å²) >= 11 is 0. The van der Waals surface area contributed by atoms with Gasteiger partial charge in [-0.3, -0.25) is 0 Å². The average molecular weight is 227 g/mol. The molecule has 0 saturated heterocycles. The van der Waals surface area contributed by atoms with E-state index in [0.29, 0.717) is 6.54 Å². The number of hydrogen-bond donors (Lipinski definition) is 2. The van der Waals surface area contributed by atoms with Crippen molar-refractivity contribution in [2.45, 2.75) is 19.4 Å². The van der Waals surface area contributed by atoms with E-state index in [9.17, 15) is 4.39 Å². The third-order valence-electron chi connectivity index (χ3n) is 2.29. The number of benzene rings is 1. The fourth-order valence-corrected chi connectivity index (χ4v) is 1.39. The van der Waals surface area contributed by atoms with E-state index in [-0.39, 0.29) is 5.75 Å². The third kappa shape index (κ3) is 4.59. The Bertz CT molecular complexity index is 318. The Morgan fingerprint density at radius 2 is 2.19 bits per heavy atom. The van der Waals surface area contributed by atoms with Crippen molar-refractivity contribution in [2.75, 3.05) is 20.3 Å².